The molecule has 1 rings (SSSR count). The molecule has 1 aliphatic carbocycles. The summed E-state index contributed by atoms with van der Waals surface area (Å²) in [6.07, 6.45) is 8.62. The van der Waals surface area contributed by atoms with Crippen molar-refractivity contribution in [3.8, 4) is 12.3 Å². The van der Waals surface area contributed by atoms with Crippen molar-refractivity contribution in [3.63, 3.8) is 0 Å². The fourth-order valence-electron chi connectivity index (χ4n) is 1.37. The highest BCUT2D eigenvalue weighted by molar-refractivity contribution is 5.77. The number of terminal acetylenes is 1. The minimum Gasteiger partial charge on any atom is -0.372 e. The van der Waals surface area contributed by atoms with E-state index in [4.69, 9.17) is 11.2 Å². The predicted octanol–water partition coefficient (Wildman–Crippen LogP) is 1.28. The Morgan fingerprint density at radius 2 is 2.33 bits per heavy atom. The third-order valence-electron chi connectivity index (χ3n) is 2.38. The molecule has 0 aromatic heterocycles. The molecule has 0 aliphatic heterocycles. The van der Waals surface area contributed by atoms with Gasteiger partial charge in [0, 0.05) is 13.2 Å². The first-order valence-corrected chi connectivity index (χ1v) is 5.57. The fourth-order valence-corrected chi connectivity index (χ4v) is 1.37. The van der Waals surface area contributed by atoms with Crippen LogP contribution < -0.4 is 0 Å². The van der Waals surface area contributed by atoms with Gasteiger partial charge in [0.1, 0.15) is 6.61 Å². The predicted molar refractivity (Wildman–Crippen MR) is 59.2 cm³/mol. The summed E-state index contributed by atoms with van der Waals surface area (Å²) in [6, 6.07) is 0. The second-order valence-electron chi connectivity index (χ2n) is 3.97. The Balaban J connectivity index is 2.26. The smallest absolute Gasteiger partial charge is 0.249 e. The van der Waals surface area contributed by atoms with E-state index in [0.717, 1.165) is 13.0 Å². The topological polar surface area (TPSA) is 29.5 Å². The van der Waals surface area contributed by atoms with Gasteiger partial charge in [0.25, 0.3) is 0 Å². The van der Waals surface area contributed by atoms with Crippen LogP contribution in [0, 0.1) is 18.3 Å². The van der Waals surface area contributed by atoms with Crippen LogP contribution in [0.15, 0.2) is 0 Å². The molecule has 1 fully saturated rings. The second kappa shape index (κ2) is 6.47. The van der Waals surface area contributed by atoms with E-state index in [-0.39, 0.29) is 12.5 Å². The number of nitrogens with zero attached hydrogens (tertiary/aromatic N) is 1. The van der Waals surface area contributed by atoms with Crippen molar-refractivity contribution in [2.24, 2.45) is 5.92 Å². The maximum absolute atomic E-state index is 11.7. The first-order chi connectivity index (χ1) is 7.27. The average Bonchev–Trinajstić information content (AvgIpc) is 3.01. The van der Waals surface area contributed by atoms with Crippen LogP contribution in [0.25, 0.3) is 0 Å². The van der Waals surface area contributed by atoms with Gasteiger partial charge in [0.15, 0.2) is 0 Å². The van der Waals surface area contributed by atoms with Crippen molar-refractivity contribution in [3.05, 3.63) is 0 Å². The summed E-state index contributed by atoms with van der Waals surface area (Å²) in [5.74, 6) is 3.22. The van der Waals surface area contributed by atoms with Crippen LogP contribution in [0.5, 0.6) is 0 Å². The van der Waals surface area contributed by atoms with Crippen molar-refractivity contribution in [1.82, 2.24) is 4.90 Å². The summed E-state index contributed by atoms with van der Waals surface area (Å²) in [4.78, 5) is 13.4. The molecule has 0 heterocycles. The Kier molecular flexibility index (Phi) is 5.20. The number of hydrogen-bond acceptors (Lipinski definition) is 2. The number of carbonyl (C=O) groups is 1. The fraction of sp³-hybridized carbons (Fsp3) is 0.750. The number of carbonyl (C=O) groups excluding carboxylic acids is 1. The van der Waals surface area contributed by atoms with Gasteiger partial charge in [0.2, 0.25) is 5.91 Å². The Hall–Kier alpha value is -1.01. The lowest BCUT2D eigenvalue weighted by molar-refractivity contribution is -0.135. The molecule has 0 unspecified atom stereocenters. The molecule has 0 spiro atoms. The molecule has 1 amide bonds. The molecule has 0 atom stereocenters. The van der Waals surface area contributed by atoms with E-state index in [1.54, 1.807) is 4.90 Å². The van der Waals surface area contributed by atoms with Crippen molar-refractivity contribution in [1.29, 1.82) is 0 Å². The summed E-state index contributed by atoms with van der Waals surface area (Å²) in [6.45, 7) is 4.04. The van der Waals surface area contributed by atoms with E-state index in [1.165, 1.54) is 12.8 Å². The van der Waals surface area contributed by atoms with Crippen molar-refractivity contribution >= 4 is 5.91 Å². The lowest BCUT2D eigenvalue weighted by Gasteiger charge is -2.19. The van der Waals surface area contributed by atoms with E-state index < -0.39 is 0 Å². The first-order valence-electron chi connectivity index (χ1n) is 5.57. The van der Waals surface area contributed by atoms with Crippen LogP contribution in [0.2, 0.25) is 0 Å². The molecule has 0 saturated heterocycles. The molecule has 3 heteroatoms. The molecule has 0 aromatic carbocycles. The Labute approximate surface area is 91.8 Å². The van der Waals surface area contributed by atoms with Crippen LogP contribution in [-0.2, 0) is 9.53 Å². The van der Waals surface area contributed by atoms with Gasteiger partial charge in [-0.25, -0.2) is 0 Å². The number of rotatable bonds is 7. The SMILES string of the molecule is C#CCN(CC1CC1)C(=O)COCCC. The van der Waals surface area contributed by atoms with Crippen LogP contribution in [0.1, 0.15) is 26.2 Å². The highest BCUT2D eigenvalue weighted by atomic mass is 16.5. The molecule has 0 N–H and O–H groups in total. The van der Waals surface area contributed by atoms with Gasteiger partial charge in [-0.15, -0.1) is 6.42 Å². The normalized spacial score (nSPS) is 14.7. The molecule has 84 valence electrons. The molecular weight excluding hydrogens is 190 g/mol. The molecule has 1 aliphatic rings. The summed E-state index contributed by atoms with van der Waals surface area (Å²) in [5.41, 5.74) is 0. The van der Waals surface area contributed by atoms with Crippen molar-refractivity contribution < 1.29 is 9.53 Å². The van der Waals surface area contributed by atoms with E-state index in [2.05, 4.69) is 5.92 Å². The third-order valence-corrected chi connectivity index (χ3v) is 2.38. The van der Waals surface area contributed by atoms with E-state index in [0.29, 0.717) is 19.1 Å². The van der Waals surface area contributed by atoms with Crippen LogP contribution in [-0.4, -0.2) is 37.1 Å². The van der Waals surface area contributed by atoms with E-state index >= 15 is 0 Å². The monoisotopic (exact) mass is 209 g/mol. The van der Waals surface area contributed by atoms with E-state index in [9.17, 15) is 4.79 Å². The van der Waals surface area contributed by atoms with Crippen LogP contribution in [0.4, 0.5) is 0 Å². The first kappa shape index (κ1) is 12.1. The Morgan fingerprint density at radius 1 is 1.60 bits per heavy atom. The van der Waals surface area contributed by atoms with Gasteiger partial charge in [-0.3, -0.25) is 4.79 Å². The zero-order chi connectivity index (χ0) is 11.1. The zero-order valence-electron chi connectivity index (χ0n) is 9.37. The van der Waals surface area contributed by atoms with Gasteiger partial charge in [0.05, 0.1) is 6.54 Å². The maximum atomic E-state index is 11.7. The number of amides is 1. The molecule has 1 saturated carbocycles. The van der Waals surface area contributed by atoms with Gasteiger partial charge in [-0.05, 0) is 25.2 Å². The summed E-state index contributed by atoms with van der Waals surface area (Å²) < 4.78 is 5.21. The van der Waals surface area contributed by atoms with Crippen molar-refractivity contribution in [2.75, 3.05) is 26.3 Å². The molecule has 15 heavy (non-hydrogen) atoms. The third kappa shape index (κ3) is 4.85. The minimum absolute atomic E-state index is 0.0216. The van der Waals surface area contributed by atoms with Gasteiger partial charge >= 0.3 is 0 Å². The summed E-state index contributed by atoms with van der Waals surface area (Å²) in [5, 5.41) is 0. The Bertz CT molecular complexity index is 240. The second-order valence-corrected chi connectivity index (χ2v) is 3.97. The minimum atomic E-state index is 0.0216. The van der Waals surface area contributed by atoms with Crippen LogP contribution in [0.3, 0.4) is 0 Å². The van der Waals surface area contributed by atoms with Gasteiger partial charge < -0.3 is 9.64 Å². The lowest BCUT2D eigenvalue weighted by atomic mass is 10.3. The summed E-state index contributed by atoms with van der Waals surface area (Å²) >= 11 is 0. The molecule has 0 aromatic rings. The zero-order valence-corrected chi connectivity index (χ0v) is 9.37. The van der Waals surface area contributed by atoms with Gasteiger partial charge in [-0.2, -0.15) is 0 Å². The highest BCUT2D eigenvalue weighted by Crippen LogP contribution is 2.29. The molecule has 0 radical (unpaired) electrons. The average molecular weight is 209 g/mol. The summed E-state index contributed by atoms with van der Waals surface area (Å²) in [7, 11) is 0. The quantitative estimate of drug-likeness (QED) is 0.467. The maximum Gasteiger partial charge on any atom is 0.249 e. The van der Waals surface area contributed by atoms with E-state index in [1.807, 2.05) is 6.92 Å². The van der Waals surface area contributed by atoms with Crippen LogP contribution >= 0.6 is 0 Å². The van der Waals surface area contributed by atoms with Gasteiger partial charge in [-0.1, -0.05) is 12.8 Å². The molecular formula is C12H19NO2. The van der Waals surface area contributed by atoms with Crippen molar-refractivity contribution in [2.45, 2.75) is 26.2 Å². The highest BCUT2D eigenvalue weighted by Gasteiger charge is 2.26. The standard InChI is InChI=1S/C12H19NO2/c1-3-7-13(9-11-5-6-11)12(14)10-15-8-4-2/h1,11H,4-10H2,2H3. The number of hydrogen-bond donors (Lipinski definition) is 0. The Morgan fingerprint density at radius 3 is 2.87 bits per heavy atom. The lowest BCUT2D eigenvalue weighted by Crippen LogP contribution is -2.36. The largest absolute Gasteiger partial charge is 0.372 e. The number of ether oxygens (including phenoxy) is 1. The molecule has 0 bridgehead atoms. The molecule has 3 nitrogen and oxygen atoms in total.